The Morgan fingerprint density at radius 2 is 1.11 bits per heavy atom. The third-order valence-electron chi connectivity index (χ3n) is 12.3. The van der Waals surface area contributed by atoms with Crippen molar-refractivity contribution in [2.75, 3.05) is 0 Å². The molecule has 1 N–H and O–H groups in total. The lowest BCUT2D eigenvalue weighted by Crippen LogP contribution is -2.33. The third kappa shape index (κ3) is 5.15. The summed E-state index contributed by atoms with van der Waals surface area (Å²) >= 11 is 0. The molecule has 6 nitrogen and oxygen atoms in total. The van der Waals surface area contributed by atoms with Gasteiger partial charge in [0, 0.05) is 49.1 Å². The van der Waals surface area contributed by atoms with Crippen molar-refractivity contribution in [3.63, 3.8) is 0 Å². The molecule has 4 heterocycles. The highest BCUT2D eigenvalue weighted by molar-refractivity contribution is 6.23. The molecule has 3 aromatic heterocycles. The van der Waals surface area contributed by atoms with Gasteiger partial charge in [-0.2, -0.15) is 0 Å². The van der Waals surface area contributed by atoms with Crippen LogP contribution in [0.15, 0.2) is 215 Å². The van der Waals surface area contributed by atoms with Crippen LogP contribution in [0.4, 0.5) is 0 Å². The summed E-state index contributed by atoms with van der Waals surface area (Å²) in [6.45, 7) is 0. The molecular formula is C55H35N5O. The van der Waals surface area contributed by atoms with Gasteiger partial charge < -0.3 is 18.9 Å². The van der Waals surface area contributed by atoms with E-state index in [4.69, 9.17) is 14.4 Å². The number of para-hydroxylation sites is 5. The normalized spacial score (nSPS) is 14.4. The van der Waals surface area contributed by atoms with Crippen LogP contribution in [0.3, 0.4) is 0 Å². The van der Waals surface area contributed by atoms with Crippen LogP contribution in [0.5, 0.6) is 0 Å². The van der Waals surface area contributed by atoms with Gasteiger partial charge in [-0.05, 0) is 77.0 Å². The van der Waals surface area contributed by atoms with E-state index in [1.54, 1.807) is 0 Å². The second-order valence-electron chi connectivity index (χ2n) is 15.8. The summed E-state index contributed by atoms with van der Waals surface area (Å²) in [5, 5.41) is 13.0. The highest BCUT2D eigenvalue weighted by Gasteiger charge is 2.27. The molecular weight excluding hydrogens is 747 g/mol. The van der Waals surface area contributed by atoms with E-state index in [1.165, 1.54) is 26.9 Å². The van der Waals surface area contributed by atoms with Crippen molar-refractivity contribution < 1.29 is 4.42 Å². The Labute approximate surface area is 349 Å². The lowest BCUT2D eigenvalue weighted by molar-refractivity contribution is 0.666. The second-order valence-corrected chi connectivity index (χ2v) is 15.8. The van der Waals surface area contributed by atoms with Crippen LogP contribution >= 0.6 is 0 Å². The van der Waals surface area contributed by atoms with Crippen molar-refractivity contribution in [2.24, 2.45) is 9.98 Å². The lowest BCUT2D eigenvalue weighted by Gasteiger charge is -2.24. The van der Waals surface area contributed by atoms with Crippen LogP contribution in [-0.4, -0.2) is 20.8 Å². The summed E-state index contributed by atoms with van der Waals surface area (Å²) < 4.78 is 11.6. The fourth-order valence-corrected chi connectivity index (χ4v) is 9.59. The summed E-state index contributed by atoms with van der Waals surface area (Å²) in [6.07, 6.45) is -0.395. The van der Waals surface area contributed by atoms with E-state index in [0.29, 0.717) is 5.84 Å². The molecule has 0 saturated heterocycles. The average Bonchev–Trinajstić information content (AvgIpc) is 3.98. The fourth-order valence-electron chi connectivity index (χ4n) is 9.59. The van der Waals surface area contributed by atoms with Crippen molar-refractivity contribution in [2.45, 2.75) is 6.17 Å². The molecule has 0 spiro atoms. The van der Waals surface area contributed by atoms with Crippen LogP contribution < -0.4 is 5.32 Å². The Balaban J connectivity index is 1.10. The number of hydrogen-bond donors (Lipinski definition) is 1. The van der Waals surface area contributed by atoms with Gasteiger partial charge in [-0.25, -0.2) is 9.98 Å². The molecule has 9 aromatic carbocycles. The van der Waals surface area contributed by atoms with Gasteiger partial charge >= 0.3 is 0 Å². The lowest BCUT2D eigenvalue weighted by atomic mass is 10.0. The molecule has 0 bridgehead atoms. The fraction of sp³-hybridized carbons (Fsp3) is 0.0182. The van der Waals surface area contributed by atoms with Crippen LogP contribution in [0.1, 0.15) is 22.9 Å². The minimum Gasteiger partial charge on any atom is -0.454 e. The maximum Gasteiger partial charge on any atom is 0.161 e. The van der Waals surface area contributed by atoms with Gasteiger partial charge in [0.25, 0.3) is 0 Å². The summed E-state index contributed by atoms with van der Waals surface area (Å²) in [5.41, 5.74) is 11.1. The van der Waals surface area contributed by atoms with Crippen molar-refractivity contribution >= 4 is 88.0 Å². The molecule has 0 aliphatic carbocycles. The zero-order valence-corrected chi connectivity index (χ0v) is 32.8. The quantitative estimate of drug-likeness (QED) is 0.189. The monoisotopic (exact) mass is 781 g/mol. The molecule has 286 valence electrons. The Hall–Kier alpha value is -8.22. The minimum atomic E-state index is -0.395. The van der Waals surface area contributed by atoms with Gasteiger partial charge in [0.05, 0.1) is 27.8 Å². The predicted molar refractivity (Wildman–Crippen MR) is 252 cm³/mol. The number of benzene rings is 9. The first-order valence-corrected chi connectivity index (χ1v) is 20.7. The average molecular weight is 782 g/mol. The smallest absolute Gasteiger partial charge is 0.161 e. The molecule has 1 atom stereocenters. The molecule has 0 saturated carbocycles. The van der Waals surface area contributed by atoms with Gasteiger partial charge in [-0.1, -0.05) is 140 Å². The molecule has 6 heteroatoms. The van der Waals surface area contributed by atoms with Gasteiger partial charge in [-0.15, -0.1) is 0 Å². The van der Waals surface area contributed by atoms with Crippen LogP contribution in [0.2, 0.25) is 0 Å². The number of nitrogens with zero attached hydrogens (tertiary/aromatic N) is 4. The van der Waals surface area contributed by atoms with Gasteiger partial charge in [0.1, 0.15) is 17.6 Å². The number of rotatable bonds is 5. The van der Waals surface area contributed by atoms with E-state index in [1.807, 2.05) is 12.1 Å². The standard InChI is InChI=1S/C55H35N5O/c1-3-16-34(17-4-1)53-56-54(58-55(57-53)43-26-15-25-42-39-22-9-12-27-46(39)59(51(42)43)38-20-5-2-6-21-38)37-31-45-41-24-11-14-29-50(41)61-52(45)49(33-37)60-47-28-13-10-23-40(47)44-30-35-18-7-8-19-36(35)32-48(44)60/h1-33,53H,(H,56,57,58). The van der Waals surface area contributed by atoms with E-state index in [-0.39, 0.29) is 0 Å². The SMILES string of the molecule is c1ccc(C2N=C(c3cccc4c5ccccc5n(-c5ccccc5)c34)N=C(c3cc(-n4c5ccccc5c5cc6ccccc6cc54)c4oc5ccccc5c4c3)N2)cc1. The number of aliphatic imine (C=N–C) groups is 2. The first-order valence-electron chi connectivity index (χ1n) is 20.7. The van der Waals surface area contributed by atoms with Crippen LogP contribution in [-0.2, 0) is 0 Å². The number of aromatic nitrogens is 2. The predicted octanol–water partition coefficient (Wildman–Crippen LogP) is 13.4. The van der Waals surface area contributed by atoms with Crippen LogP contribution in [0.25, 0.3) is 87.7 Å². The number of amidine groups is 2. The summed E-state index contributed by atoms with van der Waals surface area (Å²) in [7, 11) is 0. The Morgan fingerprint density at radius 3 is 1.92 bits per heavy atom. The number of fused-ring (bicyclic) bond motifs is 10. The van der Waals surface area contributed by atoms with E-state index < -0.39 is 6.17 Å². The van der Waals surface area contributed by atoms with E-state index in [0.717, 1.165) is 83.3 Å². The van der Waals surface area contributed by atoms with Crippen molar-refractivity contribution in [1.82, 2.24) is 14.5 Å². The van der Waals surface area contributed by atoms with Gasteiger partial charge in [0.15, 0.2) is 11.4 Å². The molecule has 13 rings (SSSR count). The summed E-state index contributed by atoms with van der Waals surface area (Å²) in [5.74, 6) is 1.40. The maximum atomic E-state index is 6.84. The molecule has 1 unspecified atom stereocenters. The Bertz CT molecular complexity index is 3800. The van der Waals surface area contributed by atoms with Crippen LogP contribution in [0, 0.1) is 0 Å². The first kappa shape index (κ1) is 33.7. The first-order chi connectivity index (χ1) is 30.2. The van der Waals surface area contributed by atoms with E-state index in [9.17, 15) is 0 Å². The van der Waals surface area contributed by atoms with Gasteiger partial charge in [0.2, 0.25) is 0 Å². The maximum absolute atomic E-state index is 6.84. The molecule has 0 fully saturated rings. The number of hydrogen-bond acceptors (Lipinski definition) is 4. The van der Waals surface area contributed by atoms with E-state index in [2.05, 4.69) is 203 Å². The van der Waals surface area contributed by atoms with E-state index >= 15 is 0 Å². The van der Waals surface area contributed by atoms with Crippen molar-refractivity contribution in [1.29, 1.82) is 0 Å². The van der Waals surface area contributed by atoms with Crippen molar-refractivity contribution in [3.05, 3.63) is 217 Å². The summed E-state index contributed by atoms with van der Waals surface area (Å²) in [6, 6.07) is 70.8. The number of furan rings is 1. The topological polar surface area (TPSA) is 59.8 Å². The molecule has 12 aromatic rings. The molecule has 1 aliphatic rings. The zero-order chi connectivity index (χ0) is 40.0. The number of nitrogens with one attached hydrogen (secondary N) is 1. The Morgan fingerprint density at radius 1 is 0.475 bits per heavy atom. The second kappa shape index (κ2) is 13.1. The molecule has 1 aliphatic heterocycles. The largest absolute Gasteiger partial charge is 0.454 e. The molecule has 0 radical (unpaired) electrons. The highest BCUT2D eigenvalue weighted by Crippen LogP contribution is 2.41. The zero-order valence-electron chi connectivity index (χ0n) is 32.8. The Kier molecular flexibility index (Phi) is 7.27. The highest BCUT2D eigenvalue weighted by atomic mass is 16.3. The minimum absolute atomic E-state index is 0.395. The van der Waals surface area contributed by atoms with Crippen molar-refractivity contribution in [3.8, 4) is 11.4 Å². The molecule has 0 amide bonds. The third-order valence-corrected chi connectivity index (χ3v) is 12.3. The molecule has 61 heavy (non-hydrogen) atoms. The van der Waals surface area contributed by atoms with Gasteiger partial charge in [-0.3, -0.25) is 0 Å². The summed E-state index contributed by atoms with van der Waals surface area (Å²) in [4.78, 5) is 10.9.